The number of hydrogen-bond donors (Lipinski definition) is 3. The first-order chi connectivity index (χ1) is 11.1. The standard InChI is InChI=1S/C15H16F3N3O3/c1-8(7-19)6-11(13(20)23)21-14(24)12(22)9-2-4-10(5-3-9)15(16,17)18/h2-5,8,11-12,22H,6H2,1H3,(H2,20,23)(H,21,24)/t8-,11+,12+/m0/s1. The number of nitrogens with zero attached hydrogens (tertiary/aromatic N) is 1. The molecule has 6 nitrogen and oxygen atoms in total. The molecule has 0 spiro atoms. The highest BCUT2D eigenvalue weighted by molar-refractivity contribution is 5.89. The van der Waals surface area contributed by atoms with Gasteiger partial charge in [-0.05, 0) is 31.0 Å². The molecule has 1 rings (SSSR count). The molecule has 0 fully saturated rings. The van der Waals surface area contributed by atoms with Gasteiger partial charge in [-0.1, -0.05) is 12.1 Å². The Labute approximate surface area is 136 Å². The number of hydrogen-bond acceptors (Lipinski definition) is 4. The van der Waals surface area contributed by atoms with Crippen molar-refractivity contribution < 1.29 is 27.9 Å². The van der Waals surface area contributed by atoms with Crippen molar-refractivity contribution in [1.82, 2.24) is 5.32 Å². The molecule has 0 radical (unpaired) electrons. The lowest BCUT2D eigenvalue weighted by Crippen LogP contribution is -2.46. The first-order valence-corrected chi connectivity index (χ1v) is 6.90. The molecule has 130 valence electrons. The van der Waals surface area contributed by atoms with Crippen LogP contribution in [0.3, 0.4) is 0 Å². The molecule has 0 saturated heterocycles. The van der Waals surface area contributed by atoms with Crippen molar-refractivity contribution in [3.05, 3.63) is 35.4 Å². The van der Waals surface area contributed by atoms with Gasteiger partial charge in [0.15, 0.2) is 6.10 Å². The van der Waals surface area contributed by atoms with Crippen LogP contribution in [0.15, 0.2) is 24.3 Å². The zero-order valence-electron chi connectivity index (χ0n) is 12.7. The second-order valence-corrected chi connectivity index (χ2v) is 5.25. The summed E-state index contributed by atoms with van der Waals surface area (Å²) in [7, 11) is 0. The molecule has 1 aromatic carbocycles. The van der Waals surface area contributed by atoms with Crippen molar-refractivity contribution in [3.63, 3.8) is 0 Å². The minimum atomic E-state index is -4.53. The molecule has 3 atom stereocenters. The highest BCUT2D eigenvalue weighted by Gasteiger charge is 2.31. The molecule has 0 aliphatic heterocycles. The highest BCUT2D eigenvalue weighted by Crippen LogP contribution is 2.30. The number of nitrogens with two attached hydrogens (primary N) is 1. The van der Waals surface area contributed by atoms with E-state index in [-0.39, 0.29) is 12.0 Å². The molecule has 9 heteroatoms. The van der Waals surface area contributed by atoms with E-state index in [0.29, 0.717) is 0 Å². The molecular formula is C15H16F3N3O3. The second-order valence-electron chi connectivity index (χ2n) is 5.25. The zero-order chi connectivity index (χ0) is 18.5. The van der Waals surface area contributed by atoms with E-state index in [9.17, 15) is 27.9 Å². The molecular weight excluding hydrogens is 327 g/mol. The number of aliphatic hydroxyl groups is 1. The maximum atomic E-state index is 12.5. The van der Waals surface area contributed by atoms with Crippen molar-refractivity contribution in [2.75, 3.05) is 0 Å². The molecule has 0 unspecified atom stereocenters. The summed E-state index contributed by atoms with van der Waals surface area (Å²) in [6.07, 6.45) is -6.35. The normalized spacial score (nSPS) is 15.0. The molecule has 0 bridgehead atoms. The van der Waals surface area contributed by atoms with Gasteiger partial charge >= 0.3 is 6.18 Å². The monoisotopic (exact) mass is 343 g/mol. The van der Waals surface area contributed by atoms with E-state index in [1.54, 1.807) is 0 Å². The molecule has 24 heavy (non-hydrogen) atoms. The van der Waals surface area contributed by atoms with Gasteiger partial charge in [-0.25, -0.2) is 0 Å². The van der Waals surface area contributed by atoms with Crippen molar-refractivity contribution in [2.45, 2.75) is 31.7 Å². The van der Waals surface area contributed by atoms with Gasteiger partial charge in [0, 0.05) is 5.92 Å². The number of aliphatic hydroxyl groups excluding tert-OH is 1. The van der Waals surface area contributed by atoms with Gasteiger partial charge in [0.25, 0.3) is 5.91 Å². The summed E-state index contributed by atoms with van der Waals surface area (Å²) in [5.74, 6) is -2.44. The molecule has 2 amide bonds. The molecule has 0 heterocycles. The highest BCUT2D eigenvalue weighted by atomic mass is 19.4. The maximum absolute atomic E-state index is 12.5. The SMILES string of the molecule is C[C@H](C#N)C[C@@H](NC(=O)[C@H](O)c1ccc(C(F)(F)F)cc1)C(N)=O. The molecule has 0 aliphatic rings. The number of carbonyl (C=O) groups excluding carboxylic acids is 2. The Balaban J connectivity index is 2.83. The Morgan fingerprint density at radius 1 is 1.33 bits per heavy atom. The number of carbonyl (C=O) groups is 2. The van der Waals surface area contributed by atoms with E-state index in [1.807, 2.05) is 6.07 Å². The third-order valence-electron chi connectivity index (χ3n) is 3.27. The van der Waals surface area contributed by atoms with Crippen molar-refractivity contribution in [3.8, 4) is 6.07 Å². The van der Waals surface area contributed by atoms with E-state index in [0.717, 1.165) is 24.3 Å². The smallest absolute Gasteiger partial charge is 0.378 e. The number of nitrogens with one attached hydrogen (secondary N) is 1. The average Bonchev–Trinajstić information content (AvgIpc) is 2.52. The number of alkyl halides is 3. The summed E-state index contributed by atoms with van der Waals surface area (Å²) in [5.41, 5.74) is 4.13. The van der Waals surface area contributed by atoms with Crippen LogP contribution in [0.25, 0.3) is 0 Å². The van der Waals surface area contributed by atoms with Crippen LogP contribution in [-0.2, 0) is 15.8 Å². The topological polar surface area (TPSA) is 116 Å². The molecule has 4 N–H and O–H groups in total. The van der Waals surface area contributed by atoms with Crippen LogP contribution in [0.1, 0.15) is 30.6 Å². The summed E-state index contributed by atoms with van der Waals surface area (Å²) >= 11 is 0. The Bertz CT molecular complexity index is 638. The fraction of sp³-hybridized carbons (Fsp3) is 0.400. The van der Waals surface area contributed by atoms with Crippen LogP contribution in [0.4, 0.5) is 13.2 Å². The van der Waals surface area contributed by atoms with E-state index in [1.165, 1.54) is 6.92 Å². The summed E-state index contributed by atoms with van der Waals surface area (Å²) < 4.78 is 37.4. The first-order valence-electron chi connectivity index (χ1n) is 6.90. The number of amides is 2. The number of nitriles is 1. The zero-order valence-corrected chi connectivity index (χ0v) is 12.7. The maximum Gasteiger partial charge on any atom is 0.416 e. The van der Waals surface area contributed by atoms with E-state index in [2.05, 4.69) is 5.32 Å². The third kappa shape index (κ3) is 5.24. The number of primary amides is 1. The van der Waals surface area contributed by atoms with Crippen LogP contribution in [0.5, 0.6) is 0 Å². The van der Waals surface area contributed by atoms with Gasteiger partial charge < -0.3 is 16.2 Å². The average molecular weight is 343 g/mol. The van der Waals surface area contributed by atoms with Crippen LogP contribution in [0.2, 0.25) is 0 Å². The summed E-state index contributed by atoms with van der Waals surface area (Å²) in [6.45, 7) is 1.52. The quantitative estimate of drug-likeness (QED) is 0.721. The van der Waals surface area contributed by atoms with Crippen molar-refractivity contribution >= 4 is 11.8 Å². The Hall–Kier alpha value is -2.60. The second kappa shape index (κ2) is 7.79. The van der Waals surface area contributed by atoms with Crippen molar-refractivity contribution in [2.24, 2.45) is 11.7 Å². The summed E-state index contributed by atoms with van der Waals surface area (Å²) in [4.78, 5) is 23.2. The minimum Gasteiger partial charge on any atom is -0.378 e. The number of benzene rings is 1. The molecule has 1 aromatic rings. The van der Waals surface area contributed by atoms with Gasteiger partial charge in [-0.2, -0.15) is 18.4 Å². The van der Waals surface area contributed by atoms with E-state index in [4.69, 9.17) is 11.0 Å². The lowest BCUT2D eigenvalue weighted by Gasteiger charge is -2.19. The Kier molecular flexibility index (Phi) is 6.31. The lowest BCUT2D eigenvalue weighted by molar-refractivity contribution is -0.137. The van der Waals surface area contributed by atoms with Crippen LogP contribution < -0.4 is 11.1 Å². The fourth-order valence-electron chi connectivity index (χ4n) is 1.91. The first kappa shape index (κ1) is 19.4. The molecule has 0 aliphatic carbocycles. The van der Waals surface area contributed by atoms with E-state index >= 15 is 0 Å². The van der Waals surface area contributed by atoms with Crippen LogP contribution >= 0.6 is 0 Å². The van der Waals surface area contributed by atoms with Gasteiger partial charge in [-0.15, -0.1) is 0 Å². The summed E-state index contributed by atoms with van der Waals surface area (Å²) in [5, 5.41) is 20.8. The lowest BCUT2D eigenvalue weighted by atomic mass is 10.0. The molecule has 0 saturated carbocycles. The van der Waals surface area contributed by atoms with Gasteiger partial charge in [0.2, 0.25) is 5.91 Å². The Morgan fingerprint density at radius 2 is 1.88 bits per heavy atom. The van der Waals surface area contributed by atoms with E-state index < -0.39 is 41.6 Å². The predicted octanol–water partition coefficient (Wildman–Crippen LogP) is 1.26. The third-order valence-corrected chi connectivity index (χ3v) is 3.27. The van der Waals surface area contributed by atoms with Crippen LogP contribution in [0, 0.1) is 17.2 Å². The van der Waals surface area contributed by atoms with Gasteiger partial charge in [-0.3, -0.25) is 9.59 Å². The Morgan fingerprint density at radius 3 is 2.29 bits per heavy atom. The summed E-state index contributed by atoms with van der Waals surface area (Å²) in [6, 6.07) is 4.09. The van der Waals surface area contributed by atoms with Crippen LogP contribution in [-0.4, -0.2) is 23.0 Å². The largest absolute Gasteiger partial charge is 0.416 e. The van der Waals surface area contributed by atoms with Crippen molar-refractivity contribution in [1.29, 1.82) is 5.26 Å². The fourth-order valence-corrected chi connectivity index (χ4v) is 1.91. The minimum absolute atomic E-state index is 0.0443. The number of rotatable bonds is 6. The van der Waals surface area contributed by atoms with Gasteiger partial charge in [0.1, 0.15) is 6.04 Å². The number of halogens is 3. The van der Waals surface area contributed by atoms with Gasteiger partial charge in [0.05, 0.1) is 11.6 Å². The predicted molar refractivity (Wildman–Crippen MR) is 76.9 cm³/mol. The molecule has 0 aromatic heterocycles.